The average Bonchev–Trinajstić information content (AvgIpc) is 3.27. The van der Waals surface area contributed by atoms with Gasteiger partial charge in [0.15, 0.2) is 0 Å². The van der Waals surface area contributed by atoms with Crippen LogP contribution in [0.5, 0.6) is 0 Å². The second kappa shape index (κ2) is 8.89. The van der Waals surface area contributed by atoms with Crippen LogP contribution in [0.1, 0.15) is 12.8 Å². The van der Waals surface area contributed by atoms with Crippen LogP contribution in [0, 0.1) is 0 Å². The fraction of sp³-hybridized carbons (Fsp3) is 0.318. The third-order valence-electron chi connectivity index (χ3n) is 5.20. The van der Waals surface area contributed by atoms with Gasteiger partial charge in [0.25, 0.3) is 5.56 Å². The number of nitrogens with zero attached hydrogens (tertiary/aromatic N) is 2. The summed E-state index contributed by atoms with van der Waals surface area (Å²) < 4.78 is 8.17. The molecule has 8 heteroatoms. The van der Waals surface area contributed by atoms with Crippen molar-refractivity contribution in [2.24, 2.45) is 0 Å². The van der Waals surface area contributed by atoms with Crippen molar-refractivity contribution >= 4 is 34.3 Å². The second-order valence-corrected chi connectivity index (χ2v) is 8.10. The number of para-hydroxylation sites is 1. The molecular weight excluding hydrogens is 402 g/mol. The molecular formula is C22H23N3O4S. The van der Waals surface area contributed by atoms with Crippen LogP contribution in [-0.4, -0.2) is 34.0 Å². The van der Waals surface area contributed by atoms with E-state index in [0.29, 0.717) is 23.2 Å². The van der Waals surface area contributed by atoms with E-state index in [0.717, 1.165) is 17.7 Å². The first-order chi connectivity index (χ1) is 14.6. The summed E-state index contributed by atoms with van der Waals surface area (Å²) in [5.41, 5.74) is 0.263. The van der Waals surface area contributed by atoms with Gasteiger partial charge >= 0.3 is 5.69 Å². The highest BCUT2D eigenvalue weighted by atomic mass is 32.2. The van der Waals surface area contributed by atoms with E-state index in [1.807, 2.05) is 24.5 Å². The summed E-state index contributed by atoms with van der Waals surface area (Å²) in [6.07, 6.45) is 3.53. The first-order valence-corrected chi connectivity index (χ1v) is 11.1. The SMILES string of the molecule is CSc1cccc(NC(=O)Cn2c(=O)n(C[C@H]3CCCO3)c(=O)c3ccccc32)c1. The van der Waals surface area contributed by atoms with Gasteiger partial charge in [-0.25, -0.2) is 4.79 Å². The van der Waals surface area contributed by atoms with Crippen LogP contribution >= 0.6 is 11.8 Å². The van der Waals surface area contributed by atoms with Gasteiger partial charge in [0.05, 0.1) is 23.6 Å². The number of fused-ring (bicyclic) bond motifs is 1. The largest absolute Gasteiger partial charge is 0.376 e. The molecule has 0 unspecified atom stereocenters. The number of rotatable bonds is 6. The van der Waals surface area contributed by atoms with Gasteiger partial charge in [-0.05, 0) is 49.4 Å². The Morgan fingerprint density at radius 3 is 2.77 bits per heavy atom. The highest BCUT2D eigenvalue weighted by Gasteiger charge is 2.21. The number of carbonyl (C=O) groups is 1. The van der Waals surface area contributed by atoms with E-state index in [9.17, 15) is 14.4 Å². The lowest BCUT2D eigenvalue weighted by Crippen LogP contribution is -2.43. The molecule has 0 saturated carbocycles. The van der Waals surface area contributed by atoms with Gasteiger partial charge in [0, 0.05) is 17.2 Å². The number of nitrogens with one attached hydrogen (secondary N) is 1. The maximum atomic E-state index is 13.2. The Labute approximate surface area is 177 Å². The zero-order valence-corrected chi connectivity index (χ0v) is 17.5. The van der Waals surface area contributed by atoms with Gasteiger partial charge in [-0.3, -0.25) is 18.7 Å². The zero-order valence-electron chi connectivity index (χ0n) is 16.7. The van der Waals surface area contributed by atoms with Gasteiger partial charge in [-0.1, -0.05) is 18.2 Å². The maximum absolute atomic E-state index is 13.2. The lowest BCUT2D eigenvalue weighted by atomic mass is 10.2. The number of thioether (sulfide) groups is 1. The molecule has 156 valence electrons. The Hall–Kier alpha value is -2.84. The molecule has 1 fully saturated rings. The fourth-order valence-electron chi connectivity index (χ4n) is 3.72. The molecule has 30 heavy (non-hydrogen) atoms. The summed E-state index contributed by atoms with van der Waals surface area (Å²) in [7, 11) is 0. The number of ether oxygens (including phenoxy) is 1. The van der Waals surface area contributed by atoms with Crippen LogP contribution < -0.4 is 16.6 Å². The molecule has 0 spiro atoms. The smallest absolute Gasteiger partial charge is 0.332 e. The third kappa shape index (κ3) is 4.20. The van der Waals surface area contributed by atoms with E-state index in [1.165, 1.54) is 9.13 Å². The third-order valence-corrected chi connectivity index (χ3v) is 5.92. The van der Waals surface area contributed by atoms with Crippen LogP contribution in [0.3, 0.4) is 0 Å². The molecule has 1 N–H and O–H groups in total. The minimum absolute atomic E-state index is 0.159. The van der Waals surface area contributed by atoms with Gasteiger partial charge in [0.2, 0.25) is 5.91 Å². The fourth-order valence-corrected chi connectivity index (χ4v) is 4.18. The van der Waals surface area contributed by atoms with E-state index in [-0.39, 0.29) is 30.7 Å². The minimum atomic E-state index is -0.498. The number of amides is 1. The molecule has 2 aromatic carbocycles. The van der Waals surface area contributed by atoms with Crippen molar-refractivity contribution in [2.75, 3.05) is 18.2 Å². The van der Waals surface area contributed by atoms with Crippen LogP contribution in [0.2, 0.25) is 0 Å². The highest BCUT2D eigenvalue weighted by molar-refractivity contribution is 7.98. The Morgan fingerprint density at radius 1 is 1.17 bits per heavy atom. The molecule has 0 bridgehead atoms. The van der Waals surface area contributed by atoms with E-state index in [1.54, 1.807) is 42.1 Å². The molecule has 4 rings (SSSR count). The Balaban J connectivity index is 1.69. The Kier molecular flexibility index (Phi) is 6.06. The Morgan fingerprint density at radius 2 is 2.00 bits per heavy atom. The van der Waals surface area contributed by atoms with Crippen molar-refractivity contribution in [2.45, 2.75) is 36.9 Å². The van der Waals surface area contributed by atoms with Crippen molar-refractivity contribution in [3.05, 3.63) is 69.4 Å². The number of anilines is 1. The van der Waals surface area contributed by atoms with Gasteiger partial charge in [-0.15, -0.1) is 11.8 Å². The van der Waals surface area contributed by atoms with Gasteiger partial charge in [0.1, 0.15) is 6.54 Å². The molecule has 1 aliphatic rings. The topological polar surface area (TPSA) is 82.3 Å². The van der Waals surface area contributed by atoms with Crippen molar-refractivity contribution in [1.29, 1.82) is 0 Å². The molecule has 1 aliphatic heterocycles. The van der Waals surface area contributed by atoms with Crippen molar-refractivity contribution < 1.29 is 9.53 Å². The van der Waals surface area contributed by atoms with Crippen molar-refractivity contribution in [3.8, 4) is 0 Å². The number of aromatic nitrogens is 2. The molecule has 1 amide bonds. The van der Waals surface area contributed by atoms with E-state index in [2.05, 4.69) is 5.32 Å². The molecule has 3 aromatic rings. The first-order valence-electron chi connectivity index (χ1n) is 9.84. The van der Waals surface area contributed by atoms with Gasteiger partial charge < -0.3 is 10.1 Å². The number of benzene rings is 2. The summed E-state index contributed by atoms with van der Waals surface area (Å²) in [6, 6.07) is 14.4. The molecule has 2 heterocycles. The van der Waals surface area contributed by atoms with Crippen molar-refractivity contribution in [1.82, 2.24) is 9.13 Å². The highest BCUT2D eigenvalue weighted by Crippen LogP contribution is 2.19. The Bertz CT molecular complexity index is 1190. The summed E-state index contributed by atoms with van der Waals surface area (Å²) >= 11 is 1.58. The quantitative estimate of drug-likeness (QED) is 0.614. The maximum Gasteiger partial charge on any atom is 0.332 e. The van der Waals surface area contributed by atoms with Crippen LogP contribution in [0.25, 0.3) is 10.9 Å². The summed E-state index contributed by atoms with van der Waals surface area (Å²) in [6.45, 7) is 0.646. The van der Waals surface area contributed by atoms with Crippen LogP contribution in [0.4, 0.5) is 5.69 Å². The number of hydrogen-bond acceptors (Lipinski definition) is 5. The summed E-state index contributed by atoms with van der Waals surface area (Å²) in [5, 5.41) is 3.25. The summed E-state index contributed by atoms with van der Waals surface area (Å²) in [4.78, 5) is 39.9. The minimum Gasteiger partial charge on any atom is -0.376 e. The predicted molar refractivity (Wildman–Crippen MR) is 118 cm³/mol. The van der Waals surface area contributed by atoms with E-state index in [4.69, 9.17) is 4.74 Å². The molecule has 1 atom stereocenters. The number of carbonyl (C=O) groups excluding carboxylic acids is 1. The van der Waals surface area contributed by atoms with Crippen LogP contribution in [0.15, 0.2) is 63.0 Å². The lowest BCUT2D eigenvalue weighted by Gasteiger charge is -2.16. The average molecular weight is 426 g/mol. The van der Waals surface area contributed by atoms with Crippen LogP contribution in [-0.2, 0) is 22.6 Å². The first kappa shape index (κ1) is 20.4. The van der Waals surface area contributed by atoms with Crippen molar-refractivity contribution in [3.63, 3.8) is 0 Å². The molecule has 1 saturated heterocycles. The molecule has 1 aromatic heterocycles. The normalized spacial score (nSPS) is 16.1. The lowest BCUT2D eigenvalue weighted by molar-refractivity contribution is -0.116. The zero-order chi connectivity index (χ0) is 21.1. The van der Waals surface area contributed by atoms with E-state index < -0.39 is 5.69 Å². The second-order valence-electron chi connectivity index (χ2n) is 7.22. The molecule has 0 radical (unpaired) electrons. The molecule has 7 nitrogen and oxygen atoms in total. The monoisotopic (exact) mass is 425 g/mol. The number of hydrogen-bond donors (Lipinski definition) is 1. The summed E-state index contributed by atoms with van der Waals surface area (Å²) in [5.74, 6) is -0.331. The molecule has 0 aliphatic carbocycles. The van der Waals surface area contributed by atoms with Gasteiger partial charge in [-0.2, -0.15) is 0 Å². The van der Waals surface area contributed by atoms with E-state index >= 15 is 0 Å². The standard InChI is InChI=1S/C22H23N3O4S/c1-30-17-8-4-6-15(12-17)23-20(26)14-24-19-10-3-2-9-18(19)21(27)25(22(24)28)13-16-7-5-11-29-16/h2-4,6,8-10,12,16H,5,7,11,13-14H2,1H3,(H,23,26)/t16-/m1/s1. The predicted octanol–water partition coefficient (Wildman–Crippen LogP) is 2.70.